The second-order valence-electron chi connectivity index (χ2n) is 7.63. The van der Waals surface area contributed by atoms with Crippen LogP contribution in [0.2, 0.25) is 0 Å². The molecule has 2 fully saturated rings. The lowest BCUT2D eigenvalue weighted by atomic mass is 10.1. The van der Waals surface area contributed by atoms with Gasteiger partial charge < -0.3 is 24.6 Å². The monoisotopic (exact) mass is 434 g/mol. The summed E-state index contributed by atoms with van der Waals surface area (Å²) in [5, 5.41) is 2.78. The average molecular weight is 435 g/mol. The quantitative estimate of drug-likeness (QED) is 0.623. The zero-order valence-corrected chi connectivity index (χ0v) is 17.8. The van der Waals surface area contributed by atoms with Gasteiger partial charge in [0.05, 0.1) is 32.5 Å². The van der Waals surface area contributed by atoms with E-state index in [2.05, 4.69) is 16.8 Å². The Kier molecular flexibility index (Phi) is 8.81. The molecule has 0 spiro atoms. The zero-order chi connectivity index (χ0) is 22.1. The molecule has 2 aliphatic rings. The summed E-state index contributed by atoms with van der Waals surface area (Å²) in [6, 6.07) is 5.40. The third kappa shape index (κ3) is 7.02. The van der Waals surface area contributed by atoms with Crippen molar-refractivity contribution in [3.05, 3.63) is 48.3 Å². The fourth-order valence-electron chi connectivity index (χ4n) is 3.67. The van der Waals surface area contributed by atoms with Crippen LogP contribution in [0.1, 0.15) is 10.4 Å². The average Bonchev–Trinajstić information content (AvgIpc) is 2.81. The maximum absolute atomic E-state index is 13.3. The minimum absolute atomic E-state index is 0.169. The number of carbonyl (C=O) groups is 2. The van der Waals surface area contributed by atoms with Gasteiger partial charge in [-0.2, -0.15) is 0 Å². The summed E-state index contributed by atoms with van der Waals surface area (Å²) in [7, 11) is 0. The molecule has 1 unspecified atom stereocenters. The molecule has 9 heteroatoms. The molecule has 2 saturated heterocycles. The van der Waals surface area contributed by atoms with E-state index in [1.165, 1.54) is 24.3 Å². The smallest absolute Gasteiger partial charge is 0.317 e. The van der Waals surface area contributed by atoms with E-state index in [1.807, 2.05) is 0 Å². The van der Waals surface area contributed by atoms with Crippen LogP contribution in [0.15, 0.2) is 36.9 Å². The summed E-state index contributed by atoms with van der Waals surface area (Å²) in [6.07, 6.45) is 1.34. The molecule has 1 aromatic carbocycles. The predicted octanol–water partition coefficient (Wildman–Crippen LogP) is 1.20. The fraction of sp³-hybridized carbons (Fsp3) is 0.545. The number of carbonyl (C=O) groups excluding carboxylic acids is 2. The minimum atomic E-state index is -0.381. The lowest BCUT2D eigenvalue weighted by Gasteiger charge is -2.36. The van der Waals surface area contributed by atoms with Gasteiger partial charge in [0.2, 0.25) is 0 Å². The van der Waals surface area contributed by atoms with Crippen LogP contribution in [0.5, 0.6) is 0 Å². The van der Waals surface area contributed by atoms with E-state index in [4.69, 9.17) is 9.47 Å². The topological polar surface area (TPSA) is 74.4 Å². The Labute approximate surface area is 182 Å². The van der Waals surface area contributed by atoms with E-state index in [1.54, 1.807) is 15.9 Å². The maximum Gasteiger partial charge on any atom is 0.317 e. The van der Waals surface area contributed by atoms with Crippen molar-refractivity contribution in [3.8, 4) is 0 Å². The van der Waals surface area contributed by atoms with Gasteiger partial charge in [0.1, 0.15) is 5.82 Å². The van der Waals surface area contributed by atoms with E-state index < -0.39 is 0 Å². The van der Waals surface area contributed by atoms with Crippen molar-refractivity contribution in [1.29, 1.82) is 0 Å². The van der Waals surface area contributed by atoms with Crippen LogP contribution in [-0.4, -0.2) is 105 Å². The summed E-state index contributed by atoms with van der Waals surface area (Å²) < 4.78 is 24.6. The number of ether oxygens (including phenoxy) is 2. The van der Waals surface area contributed by atoms with E-state index in [-0.39, 0.29) is 23.9 Å². The van der Waals surface area contributed by atoms with Crippen LogP contribution in [0, 0.1) is 5.82 Å². The Morgan fingerprint density at radius 2 is 1.94 bits per heavy atom. The maximum atomic E-state index is 13.3. The summed E-state index contributed by atoms with van der Waals surface area (Å²) in [4.78, 5) is 31.1. The molecule has 0 aromatic heterocycles. The number of hydrogen-bond acceptors (Lipinski definition) is 5. The molecule has 1 N–H and O–H groups in total. The van der Waals surface area contributed by atoms with Gasteiger partial charge >= 0.3 is 6.03 Å². The van der Waals surface area contributed by atoms with E-state index in [0.717, 1.165) is 13.1 Å². The van der Waals surface area contributed by atoms with Crippen LogP contribution in [0.25, 0.3) is 0 Å². The number of morpholine rings is 2. The van der Waals surface area contributed by atoms with E-state index in [9.17, 15) is 14.0 Å². The number of nitrogens with zero attached hydrogens (tertiary/aromatic N) is 3. The molecular formula is C22H31FN4O4. The van der Waals surface area contributed by atoms with Crippen LogP contribution in [0.4, 0.5) is 9.18 Å². The summed E-state index contributed by atoms with van der Waals surface area (Å²) in [6.45, 7) is 9.92. The number of nitrogens with one attached hydrogen (secondary N) is 1. The molecule has 170 valence electrons. The molecule has 31 heavy (non-hydrogen) atoms. The standard InChI is InChI=1S/C22H31FN4O4/c1-2-7-24-22(29)27-12-15-31-20(17-27)16-26(9-8-25-10-13-30-14-11-25)21(28)18-3-5-19(23)6-4-18/h2-6,20H,1,7-17H2,(H,24,29). The number of halogens is 1. The zero-order valence-electron chi connectivity index (χ0n) is 17.8. The molecule has 0 radical (unpaired) electrons. The molecule has 2 aliphatic heterocycles. The third-order valence-corrected chi connectivity index (χ3v) is 5.42. The van der Waals surface area contributed by atoms with Crippen LogP contribution < -0.4 is 5.32 Å². The number of benzene rings is 1. The highest BCUT2D eigenvalue weighted by Gasteiger charge is 2.28. The van der Waals surface area contributed by atoms with E-state index in [0.29, 0.717) is 64.7 Å². The molecule has 0 aliphatic carbocycles. The van der Waals surface area contributed by atoms with Crippen molar-refractivity contribution in [2.24, 2.45) is 0 Å². The molecule has 1 atom stereocenters. The molecule has 3 amide bonds. The second-order valence-corrected chi connectivity index (χ2v) is 7.63. The van der Waals surface area contributed by atoms with Crippen molar-refractivity contribution < 1.29 is 23.5 Å². The Morgan fingerprint density at radius 3 is 2.65 bits per heavy atom. The minimum Gasteiger partial charge on any atom is -0.379 e. The first-order valence-electron chi connectivity index (χ1n) is 10.7. The van der Waals surface area contributed by atoms with Crippen molar-refractivity contribution in [2.45, 2.75) is 6.10 Å². The molecule has 8 nitrogen and oxygen atoms in total. The Hall–Kier alpha value is -2.49. The van der Waals surface area contributed by atoms with Gasteiger partial charge in [-0.05, 0) is 24.3 Å². The summed E-state index contributed by atoms with van der Waals surface area (Å²) in [5.74, 6) is -0.557. The summed E-state index contributed by atoms with van der Waals surface area (Å²) in [5.41, 5.74) is 0.430. The Morgan fingerprint density at radius 1 is 1.19 bits per heavy atom. The van der Waals surface area contributed by atoms with Crippen molar-refractivity contribution in [3.63, 3.8) is 0 Å². The van der Waals surface area contributed by atoms with Gasteiger partial charge in [-0.3, -0.25) is 9.69 Å². The molecular weight excluding hydrogens is 403 g/mol. The normalized spacial score (nSPS) is 19.6. The SMILES string of the molecule is C=CCNC(=O)N1CCOC(CN(CCN2CCOCC2)C(=O)c2ccc(F)cc2)C1. The highest BCUT2D eigenvalue weighted by atomic mass is 19.1. The lowest BCUT2D eigenvalue weighted by Crippen LogP contribution is -2.53. The summed E-state index contributed by atoms with van der Waals surface area (Å²) >= 11 is 0. The molecule has 1 aromatic rings. The third-order valence-electron chi connectivity index (χ3n) is 5.42. The highest BCUT2D eigenvalue weighted by molar-refractivity contribution is 5.94. The fourth-order valence-corrected chi connectivity index (χ4v) is 3.67. The van der Waals surface area contributed by atoms with Crippen LogP contribution in [-0.2, 0) is 9.47 Å². The molecule has 2 heterocycles. The van der Waals surface area contributed by atoms with Gasteiger partial charge in [0.25, 0.3) is 5.91 Å². The van der Waals surface area contributed by atoms with Crippen molar-refractivity contribution in [2.75, 3.05) is 72.2 Å². The van der Waals surface area contributed by atoms with Crippen molar-refractivity contribution >= 4 is 11.9 Å². The Bertz CT molecular complexity index is 740. The largest absolute Gasteiger partial charge is 0.379 e. The Balaban J connectivity index is 1.64. The predicted molar refractivity (Wildman–Crippen MR) is 114 cm³/mol. The first-order valence-corrected chi connectivity index (χ1v) is 10.7. The first kappa shape index (κ1) is 23.2. The number of rotatable bonds is 8. The second kappa shape index (κ2) is 11.8. The van der Waals surface area contributed by atoms with Gasteiger partial charge in [-0.25, -0.2) is 9.18 Å². The first-order chi connectivity index (χ1) is 15.1. The number of urea groups is 1. The van der Waals surface area contributed by atoms with Gasteiger partial charge in [0, 0.05) is 51.4 Å². The molecule has 3 rings (SSSR count). The van der Waals surface area contributed by atoms with Gasteiger partial charge in [-0.1, -0.05) is 6.08 Å². The molecule has 0 bridgehead atoms. The molecule has 0 saturated carbocycles. The van der Waals surface area contributed by atoms with Gasteiger partial charge in [0.15, 0.2) is 0 Å². The van der Waals surface area contributed by atoms with E-state index >= 15 is 0 Å². The van der Waals surface area contributed by atoms with Gasteiger partial charge in [-0.15, -0.1) is 6.58 Å². The van der Waals surface area contributed by atoms with Crippen LogP contribution in [0.3, 0.4) is 0 Å². The number of amides is 3. The number of hydrogen-bond donors (Lipinski definition) is 1. The highest BCUT2D eigenvalue weighted by Crippen LogP contribution is 2.12. The lowest BCUT2D eigenvalue weighted by molar-refractivity contribution is -0.0295. The van der Waals surface area contributed by atoms with Crippen LogP contribution >= 0.6 is 0 Å². The van der Waals surface area contributed by atoms with Crippen molar-refractivity contribution in [1.82, 2.24) is 20.0 Å².